The molecule has 23 N–H and O–H groups in total. The molecule has 0 unspecified atom stereocenters. The van der Waals surface area contributed by atoms with E-state index in [0.29, 0.717) is 12.8 Å². The highest BCUT2D eigenvalue weighted by Crippen LogP contribution is 2.25. The van der Waals surface area contributed by atoms with Crippen molar-refractivity contribution < 1.29 is 106 Å². The molecule has 0 aromatic carbocycles. The minimum atomic E-state index is -1.91. The second-order valence-corrected chi connectivity index (χ2v) is 37.5. The molecule has 124 heavy (non-hydrogen) atoms. The number of carbonyl (C=O) groups excluding carboxylic acids is 20. The summed E-state index contributed by atoms with van der Waals surface area (Å²) in [6.45, 7) is 37.8. The molecule has 0 aromatic rings. The second kappa shape index (κ2) is 46.3. The molecule has 0 aliphatic carbocycles. The first-order chi connectivity index (χ1) is 56.5. The van der Waals surface area contributed by atoms with E-state index < -0.39 is 248 Å². The van der Waals surface area contributed by atoms with Gasteiger partial charge >= 0.3 is 0 Å². The molecular weight excluding hydrogens is 1620 g/mol. The molecule has 0 saturated carbocycles. The molecule has 1 fully saturated rings. The Bertz CT molecular complexity index is 3910. The number of nitrogens with zero attached hydrogens (tertiary/aromatic N) is 1. The van der Waals surface area contributed by atoms with E-state index in [1.54, 1.807) is 34.6 Å². The molecule has 1 rings (SSSR count). The van der Waals surface area contributed by atoms with Crippen LogP contribution in [0.15, 0.2) is 0 Å². The first-order valence-electron chi connectivity index (χ1n) is 41.9. The maximum atomic E-state index is 14.6. The number of carbonyl (C=O) groups is 20. The summed E-state index contributed by atoms with van der Waals surface area (Å²) in [6.07, 6.45) is -0.656. The normalized spacial score (nSPS) is 16.3. The van der Waals surface area contributed by atoms with Gasteiger partial charge in [0, 0.05) is 26.3 Å². The number of hydrogen-bond donors (Lipinski definition) is 21. The van der Waals surface area contributed by atoms with Crippen LogP contribution >= 0.6 is 0 Å². The maximum absolute atomic E-state index is 14.6. The first-order valence-corrected chi connectivity index (χ1v) is 41.9. The number of primary amides is 2. The lowest BCUT2D eigenvalue weighted by Gasteiger charge is -2.37. The molecule has 0 bridgehead atoms. The molecule has 1 aliphatic heterocycles. The summed E-state index contributed by atoms with van der Waals surface area (Å²) in [5.41, 5.74) is -5.08. The lowest BCUT2D eigenvalue weighted by molar-refractivity contribution is -0.146. The first kappa shape index (κ1) is 111. The van der Waals surface area contributed by atoms with Crippen LogP contribution in [0.4, 0.5) is 0 Å². The summed E-state index contributed by atoms with van der Waals surface area (Å²) in [7, 11) is 0. The fourth-order valence-corrected chi connectivity index (χ4v) is 12.5. The Morgan fingerprint density at radius 1 is 0.347 bits per heavy atom. The van der Waals surface area contributed by atoms with E-state index in [4.69, 9.17) is 11.5 Å². The third kappa shape index (κ3) is 34.4. The van der Waals surface area contributed by atoms with Crippen molar-refractivity contribution in [3.05, 3.63) is 0 Å². The van der Waals surface area contributed by atoms with Crippen LogP contribution in [0.1, 0.15) is 258 Å². The fraction of sp³-hybridized carbons (Fsp3) is 0.756. The summed E-state index contributed by atoms with van der Waals surface area (Å²) in [5.74, 6) is -17.3. The molecule has 1 heterocycles. The van der Waals surface area contributed by atoms with E-state index in [1.165, 1.54) is 143 Å². The molecule has 11 atom stereocenters. The molecule has 42 heteroatoms. The second-order valence-electron chi connectivity index (χ2n) is 37.5. The Kier molecular flexibility index (Phi) is 41.6. The third-order valence-electron chi connectivity index (χ3n) is 20.9. The van der Waals surface area contributed by atoms with E-state index in [2.05, 4.69) is 90.4 Å². The van der Waals surface area contributed by atoms with E-state index in [-0.39, 0.29) is 69.2 Å². The highest BCUT2D eigenvalue weighted by atomic mass is 16.3. The number of aliphatic hydroxyl groups excluding tert-OH is 2. The summed E-state index contributed by atoms with van der Waals surface area (Å²) in [6, 6.07) is -11.7. The van der Waals surface area contributed by atoms with Gasteiger partial charge in [-0.3, -0.25) is 95.9 Å². The van der Waals surface area contributed by atoms with Gasteiger partial charge in [0.25, 0.3) is 0 Å². The maximum Gasteiger partial charge on any atom is 0.248 e. The van der Waals surface area contributed by atoms with Crippen molar-refractivity contribution in [2.45, 2.75) is 362 Å². The summed E-state index contributed by atoms with van der Waals surface area (Å²) >= 11 is 0. The van der Waals surface area contributed by atoms with Gasteiger partial charge < -0.3 is 117 Å². The van der Waals surface area contributed by atoms with Gasteiger partial charge in [-0.15, -0.1) is 0 Å². The van der Waals surface area contributed by atoms with Crippen LogP contribution in [-0.2, 0) is 95.9 Å². The van der Waals surface area contributed by atoms with Crippen molar-refractivity contribution in [1.82, 2.24) is 95.3 Å². The monoisotopic (exact) mass is 1760 g/mol. The van der Waals surface area contributed by atoms with E-state index in [9.17, 15) is 106 Å². The summed E-state index contributed by atoms with van der Waals surface area (Å²) in [4.78, 5) is 274. The molecule has 1 aliphatic rings. The smallest absolute Gasteiger partial charge is 0.248 e. The largest absolute Gasteiger partial charge is 0.394 e. The van der Waals surface area contributed by atoms with Gasteiger partial charge in [-0.05, 0) is 200 Å². The van der Waals surface area contributed by atoms with Gasteiger partial charge in [-0.1, -0.05) is 55.4 Å². The van der Waals surface area contributed by atoms with Crippen LogP contribution in [0.3, 0.4) is 0 Å². The van der Waals surface area contributed by atoms with Crippen LogP contribution in [-0.4, -0.2) is 257 Å². The number of nitrogens with one attached hydrogen (secondary N) is 17. The van der Waals surface area contributed by atoms with E-state index >= 15 is 0 Å². The van der Waals surface area contributed by atoms with Crippen molar-refractivity contribution in [3.8, 4) is 0 Å². The van der Waals surface area contributed by atoms with E-state index in [1.807, 2.05) is 13.8 Å². The van der Waals surface area contributed by atoms with Crippen molar-refractivity contribution in [1.29, 1.82) is 0 Å². The van der Waals surface area contributed by atoms with E-state index in [0.717, 1.165) is 0 Å². The van der Waals surface area contributed by atoms with Gasteiger partial charge in [0.2, 0.25) is 118 Å². The van der Waals surface area contributed by atoms with Crippen LogP contribution in [0, 0.1) is 17.8 Å². The minimum absolute atomic E-state index is 0.0327. The number of aliphatic hydroxyl groups is 2. The topological polar surface area (TPSA) is 642 Å². The van der Waals surface area contributed by atoms with Crippen molar-refractivity contribution in [2.24, 2.45) is 29.2 Å². The van der Waals surface area contributed by atoms with Crippen LogP contribution < -0.4 is 102 Å². The highest BCUT2D eigenvalue weighted by molar-refractivity contribution is 6.04. The highest BCUT2D eigenvalue weighted by Gasteiger charge is 2.49. The van der Waals surface area contributed by atoms with Crippen LogP contribution in [0.5, 0.6) is 0 Å². The Morgan fingerprint density at radius 3 is 1.11 bits per heavy atom. The zero-order valence-corrected chi connectivity index (χ0v) is 77.5. The molecular formula is C82H144N20O22. The third-order valence-corrected chi connectivity index (χ3v) is 20.9. The number of amides is 20. The fourth-order valence-electron chi connectivity index (χ4n) is 12.5. The number of hydrogen-bond acceptors (Lipinski definition) is 22. The van der Waals surface area contributed by atoms with Crippen LogP contribution in [0.25, 0.3) is 0 Å². The zero-order valence-electron chi connectivity index (χ0n) is 77.5. The molecule has 42 nitrogen and oxygen atoms in total. The van der Waals surface area contributed by atoms with Crippen LogP contribution in [0.2, 0.25) is 0 Å². The summed E-state index contributed by atoms with van der Waals surface area (Å²) in [5, 5.41) is 63.3. The predicted molar refractivity (Wildman–Crippen MR) is 456 cm³/mol. The lowest BCUT2D eigenvalue weighted by Crippen LogP contribution is -2.67. The Hall–Kier alpha value is -10.7. The van der Waals surface area contributed by atoms with Gasteiger partial charge in [0.05, 0.1) is 19.3 Å². The Balaban J connectivity index is 3.28. The van der Waals surface area contributed by atoms with Crippen molar-refractivity contribution in [2.75, 3.05) is 19.8 Å². The number of rotatable bonds is 50. The average molecular weight is 1760 g/mol. The Labute approximate surface area is 727 Å². The minimum Gasteiger partial charge on any atom is -0.394 e. The van der Waals surface area contributed by atoms with Gasteiger partial charge in [0.1, 0.15) is 98.2 Å². The summed E-state index contributed by atoms with van der Waals surface area (Å²) < 4.78 is 0. The number of nitrogens with two attached hydrogens (primary N) is 2. The quantitative estimate of drug-likeness (QED) is 0.0280. The van der Waals surface area contributed by atoms with Crippen molar-refractivity contribution >= 4 is 118 Å². The molecule has 20 amide bonds. The molecule has 0 aromatic heterocycles. The SMILES string of the molecule is CC[C@](C)(NC(=O)[C@H](C)NC(=O)C(C)(C)NC(=O)[C@@H](CC(C)C)NC(=O)C(C)(C)NC(=O)[C@@H](CCC(N)=O)NC(=O)[C@](C)(CC)NC(=O)C(C)(C)NC(=O)[C@H](C)NC(=O)[C@H](CO)NC(=O)C(C)(C)NC(C)=O)C(=O)NC(C)(C)C(=O)N1CCC[C@@H]1C(=O)N[C@H](CC(C)C)C(=O)NC(C)(C)C(=O)NC(C)(C)C(=O)N[C@H](CCC(N)=O)C(=O)N[C@@H](CO)CC(C)C. The molecule has 1 saturated heterocycles. The lowest BCUT2D eigenvalue weighted by atomic mass is 9.93. The predicted octanol–water partition coefficient (Wildman–Crippen LogP) is -3.60. The standard InChI is InChI=1S/C82H144N20O22/c1-28-81(26,101-70(121)79(22,23)94-57(108)45(9)85-60(111)53(41-104)92-66(117)74(12,13)93-47(11)105)71(122)90-50(33-35-56(84)107)61(112)95-76(16,17)67(118)91-52(39-44(7)8)63(114)96-75(14,15)65(116)86-46(10)58(109)98-82(27,29-2)72(123)100-80(24,25)73(124)102-36-30-31-54(102)64(115)88-51(38-43(5)6)62(113)97-78(20,21)69(120)99-77(18,19)68(119)89-49(32-34-55(83)106)59(110)87-48(40-103)37-42(3)4/h42-46,48-54,103-104H,28-41H2,1-27H3,(H2,83,106)(H2,84,107)(H,85,111)(H,86,116)(H,87,110)(H,88,115)(H,89,119)(H,90,122)(H,91,118)(H,92,117)(H,93,105)(H,94,108)(H,95,112)(H,96,114)(H,97,113)(H,98,109)(H,99,120)(H,100,123)(H,101,121)/t45-,46-,48+,49+,50+,51+,52+,53-,54+,81-,82-/m0/s1. The van der Waals surface area contributed by atoms with Gasteiger partial charge in [-0.25, -0.2) is 0 Å². The van der Waals surface area contributed by atoms with Gasteiger partial charge in [-0.2, -0.15) is 0 Å². The molecule has 0 spiro atoms. The van der Waals surface area contributed by atoms with Crippen molar-refractivity contribution in [3.63, 3.8) is 0 Å². The Morgan fingerprint density at radius 2 is 0.685 bits per heavy atom. The average Bonchev–Trinajstić information content (AvgIpc) is 1.48. The van der Waals surface area contributed by atoms with Gasteiger partial charge in [0.15, 0.2) is 0 Å². The zero-order chi connectivity index (χ0) is 96.5. The molecule has 704 valence electrons. The molecule has 0 radical (unpaired) electrons. The number of likely N-dealkylation sites (tertiary alicyclic amines) is 1.